The molecule has 0 aliphatic carbocycles. The molecule has 0 spiro atoms. The number of nitrogens with one attached hydrogen (secondary N) is 1. The van der Waals surface area contributed by atoms with Gasteiger partial charge in [-0.25, -0.2) is 19.0 Å². The fourth-order valence-corrected chi connectivity index (χ4v) is 2.89. The van der Waals surface area contributed by atoms with Gasteiger partial charge in [0, 0.05) is 36.4 Å². The molecule has 2 heterocycles. The number of carboxylic acid groups (broad SMARTS) is 2. The average molecular weight is 467 g/mol. The lowest BCUT2D eigenvalue weighted by atomic mass is 10.0. The predicted octanol–water partition coefficient (Wildman–Crippen LogP) is 4.07. The molecule has 0 saturated carbocycles. The zero-order valence-corrected chi connectivity index (χ0v) is 18.1. The van der Waals surface area contributed by atoms with Crippen molar-refractivity contribution in [1.82, 2.24) is 10.3 Å². The van der Waals surface area contributed by atoms with Crippen LogP contribution in [-0.4, -0.2) is 46.8 Å². The Labute approximate surface area is 189 Å². The monoisotopic (exact) mass is 466 g/mol. The van der Waals surface area contributed by atoms with Gasteiger partial charge in [0.05, 0.1) is 11.6 Å². The van der Waals surface area contributed by atoms with Crippen molar-refractivity contribution >= 4 is 23.5 Å². The highest BCUT2D eigenvalue weighted by atomic mass is 35.5. The van der Waals surface area contributed by atoms with E-state index in [0.29, 0.717) is 42.1 Å². The van der Waals surface area contributed by atoms with Crippen molar-refractivity contribution in [1.29, 1.82) is 0 Å². The Morgan fingerprint density at radius 1 is 1.25 bits per heavy atom. The van der Waals surface area contributed by atoms with Crippen LogP contribution in [0.3, 0.4) is 0 Å². The zero-order valence-electron chi connectivity index (χ0n) is 17.4. The molecule has 32 heavy (non-hydrogen) atoms. The van der Waals surface area contributed by atoms with Gasteiger partial charge in [0.1, 0.15) is 11.6 Å². The van der Waals surface area contributed by atoms with Gasteiger partial charge in [0.25, 0.3) is 5.88 Å². The molecule has 1 saturated heterocycles. The molecular formula is C22H24ClFN2O6. The van der Waals surface area contributed by atoms with Crippen molar-refractivity contribution in [2.24, 2.45) is 5.92 Å². The Bertz CT molecular complexity index is 947. The number of aryl methyl sites for hydroxylation is 1. The van der Waals surface area contributed by atoms with Crippen molar-refractivity contribution in [2.45, 2.75) is 19.8 Å². The first kappa shape index (κ1) is 25.1. The van der Waals surface area contributed by atoms with Crippen molar-refractivity contribution in [3.05, 3.63) is 59.0 Å². The Balaban J connectivity index is 0.000000390. The molecule has 0 bridgehead atoms. The van der Waals surface area contributed by atoms with Crippen molar-refractivity contribution < 1.29 is 33.7 Å². The number of hydrogen-bond donors (Lipinski definition) is 3. The van der Waals surface area contributed by atoms with Crippen LogP contribution in [0, 0.1) is 18.7 Å². The molecule has 0 amide bonds. The molecule has 1 atom stereocenters. The van der Waals surface area contributed by atoms with Gasteiger partial charge in [-0.1, -0.05) is 11.6 Å². The Hall–Kier alpha value is -3.17. The molecule has 1 aromatic carbocycles. The van der Waals surface area contributed by atoms with Crippen LogP contribution in [0.5, 0.6) is 17.4 Å². The number of carboxylic acids is 2. The number of nitrogens with zero attached hydrogens (tertiary/aromatic N) is 1. The highest BCUT2D eigenvalue weighted by molar-refractivity contribution is 6.30. The lowest BCUT2D eigenvalue weighted by Crippen LogP contribution is -2.33. The van der Waals surface area contributed by atoms with Crippen LogP contribution >= 0.6 is 11.6 Å². The second-order valence-electron chi connectivity index (χ2n) is 6.97. The summed E-state index contributed by atoms with van der Waals surface area (Å²) < 4.78 is 25.2. The van der Waals surface area contributed by atoms with Gasteiger partial charge < -0.3 is 25.0 Å². The van der Waals surface area contributed by atoms with Gasteiger partial charge in [0.2, 0.25) is 0 Å². The van der Waals surface area contributed by atoms with E-state index in [1.807, 2.05) is 19.1 Å². The Morgan fingerprint density at radius 3 is 2.56 bits per heavy atom. The summed E-state index contributed by atoms with van der Waals surface area (Å²) in [7, 11) is 0. The van der Waals surface area contributed by atoms with Gasteiger partial charge >= 0.3 is 11.9 Å². The maximum atomic E-state index is 13.6. The largest absolute Gasteiger partial charge is 0.488 e. The average Bonchev–Trinajstić information content (AvgIpc) is 2.75. The van der Waals surface area contributed by atoms with E-state index in [9.17, 15) is 14.0 Å². The first-order valence-corrected chi connectivity index (χ1v) is 10.2. The lowest BCUT2D eigenvalue weighted by molar-refractivity contribution is -0.134. The summed E-state index contributed by atoms with van der Waals surface area (Å²) in [6.45, 7) is 4.49. The summed E-state index contributed by atoms with van der Waals surface area (Å²) in [6, 6.07) is 7.99. The number of ether oxygens (including phenoxy) is 2. The number of carbonyl (C=O) groups is 2. The van der Waals surface area contributed by atoms with Gasteiger partial charge in [-0.15, -0.1) is 0 Å². The van der Waals surface area contributed by atoms with Crippen molar-refractivity contribution in [3.63, 3.8) is 0 Å². The third kappa shape index (κ3) is 8.91. The van der Waals surface area contributed by atoms with Crippen LogP contribution in [0.1, 0.15) is 18.5 Å². The summed E-state index contributed by atoms with van der Waals surface area (Å²) in [6.07, 6.45) is 3.42. The number of aromatic nitrogens is 1. The van der Waals surface area contributed by atoms with E-state index < -0.39 is 17.8 Å². The molecule has 1 aromatic heterocycles. The predicted molar refractivity (Wildman–Crippen MR) is 116 cm³/mol. The summed E-state index contributed by atoms with van der Waals surface area (Å²) in [5.74, 6) is -1.35. The molecule has 0 radical (unpaired) electrons. The van der Waals surface area contributed by atoms with E-state index >= 15 is 0 Å². The van der Waals surface area contributed by atoms with Crippen LogP contribution in [0.4, 0.5) is 4.39 Å². The molecule has 2 aromatic rings. The minimum absolute atomic E-state index is 0.0563. The van der Waals surface area contributed by atoms with Crippen molar-refractivity contribution in [3.8, 4) is 17.4 Å². The summed E-state index contributed by atoms with van der Waals surface area (Å²) in [5.41, 5.74) is 0.797. The van der Waals surface area contributed by atoms with Gasteiger partial charge in [-0.3, -0.25) is 0 Å². The van der Waals surface area contributed by atoms with Gasteiger partial charge in [-0.05, 0) is 50.6 Å². The van der Waals surface area contributed by atoms with E-state index in [4.69, 9.17) is 31.3 Å². The normalized spacial score (nSPS) is 15.5. The second kappa shape index (κ2) is 12.6. The van der Waals surface area contributed by atoms with E-state index in [-0.39, 0.29) is 5.02 Å². The molecule has 10 heteroatoms. The third-order valence-corrected chi connectivity index (χ3v) is 4.62. The molecule has 0 unspecified atom stereocenters. The van der Waals surface area contributed by atoms with E-state index in [2.05, 4.69) is 10.3 Å². The number of hydrogen-bond acceptors (Lipinski definition) is 6. The summed E-state index contributed by atoms with van der Waals surface area (Å²) in [4.78, 5) is 23.5. The number of rotatable bonds is 7. The smallest absolute Gasteiger partial charge is 0.328 e. The van der Waals surface area contributed by atoms with Crippen LogP contribution in [0.2, 0.25) is 5.02 Å². The standard InChI is InChI=1S/C18H20ClFN2O2.C4H4O4/c1-12-4-7-17(23-11-13-3-2-8-21-10-13)18(22-12)24-14-5-6-15(19)16(20)9-14;5-3(6)1-2-4(7)8/h4-7,9,13,21H,2-3,8,10-11H2,1H3;1-2H,(H,5,6)(H,7,8)/b;2-1+/t13-;/m0./s1. The molecule has 3 N–H and O–H groups in total. The number of aliphatic carboxylic acids is 2. The van der Waals surface area contributed by atoms with Crippen LogP contribution < -0.4 is 14.8 Å². The lowest BCUT2D eigenvalue weighted by Gasteiger charge is -2.23. The molecule has 1 aliphatic heterocycles. The minimum Gasteiger partial charge on any atom is -0.488 e. The highest BCUT2D eigenvalue weighted by Crippen LogP contribution is 2.31. The number of pyridine rings is 1. The van der Waals surface area contributed by atoms with E-state index in [0.717, 1.165) is 31.6 Å². The fraction of sp³-hybridized carbons (Fsp3) is 0.318. The Morgan fingerprint density at radius 2 is 1.97 bits per heavy atom. The first-order valence-electron chi connectivity index (χ1n) is 9.82. The summed E-state index contributed by atoms with van der Waals surface area (Å²) in [5, 5.41) is 19.0. The molecular weight excluding hydrogens is 443 g/mol. The molecule has 1 aliphatic rings. The fourth-order valence-electron chi connectivity index (χ4n) is 2.77. The minimum atomic E-state index is -1.26. The van der Waals surface area contributed by atoms with E-state index in [1.54, 1.807) is 6.07 Å². The first-order chi connectivity index (χ1) is 15.2. The topological polar surface area (TPSA) is 118 Å². The number of halogens is 2. The van der Waals surface area contributed by atoms with Crippen LogP contribution in [0.15, 0.2) is 42.5 Å². The second-order valence-corrected chi connectivity index (χ2v) is 7.37. The molecule has 3 rings (SSSR count). The van der Waals surface area contributed by atoms with Crippen LogP contribution in [-0.2, 0) is 9.59 Å². The highest BCUT2D eigenvalue weighted by Gasteiger charge is 2.16. The maximum Gasteiger partial charge on any atom is 0.328 e. The zero-order chi connectivity index (χ0) is 23.5. The third-order valence-electron chi connectivity index (χ3n) is 4.31. The number of piperidine rings is 1. The SMILES string of the molecule is Cc1ccc(OC[C@H]2CCCNC2)c(Oc2ccc(Cl)c(F)c2)n1.O=C(O)/C=C/C(=O)O. The summed E-state index contributed by atoms with van der Waals surface area (Å²) >= 11 is 5.70. The quantitative estimate of drug-likeness (QED) is 0.523. The molecule has 172 valence electrons. The Kier molecular flexibility index (Phi) is 9.90. The van der Waals surface area contributed by atoms with Gasteiger partial charge in [-0.2, -0.15) is 0 Å². The molecule has 8 nitrogen and oxygen atoms in total. The maximum absolute atomic E-state index is 13.6. The number of benzene rings is 1. The molecule has 1 fully saturated rings. The van der Waals surface area contributed by atoms with Crippen LogP contribution in [0.25, 0.3) is 0 Å². The van der Waals surface area contributed by atoms with Gasteiger partial charge in [0.15, 0.2) is 5.75 Å². The van der Waals surface area contributed by atoms with E-state index in [1.165, 1.54) is 12.1 Å². The van der Waals surface area contributed by atoms with Crippen molar-refractivity contribution in [2.75, 3.05) is 19.7 Å².